The summed E-state index contributed by atoms with van der Waals surface area (Å²) in [4.78, 5) is 0. The minimum Gasteiger partial charge on any atom is -0.378 e. The molecule has 3 atom stereocenters. The third kappa shape index (κ3) is 9.24. The van der Waals surface area contributed by atoms with Gasteiger partial charge in [0.05, 0.1) is 18.1 Å². The van der Waals surface area contributed by atoms with Crippen molar-refractivity contribution in [3.8, 4) is 0 Å². The second kappa shape index (κ2) is 17.4. The second-order valence-electron chi connectivity index (χ2n) is 13.3. The van der Waals surface area contributed by atoms with Gasteiger partial charge in [-0.05, 0) is 101 Å². The highest BCUT2D eigenvalue weighted by molar-refractivity contribution is 5.57. The van der Waals surface area contributed by atoms with E-state index in [2.05, 4.69) is 194 Å². The van der Waals surface area contributed by atoms with E-state index in [4.69, 9.17) is 0 Å². The van der Waals surface area contributed by atoms with Gasteiger partial charge in [0.2, 0.25) is 0 Å². The molecule has 0 spiro atoms. The monoisotopic (exact) mass is 657 g/mol. The number of benzene rings is 6. The van der Waals surface area contributed by atoms with Crippen LogP contribution < -0.4 is 16.0 Å². The van der Waals surface area contributed by atoms with E-state index >= 15 is 0 Å². The van der Waals surface area contributed by atoms with Crippen LogP contribution in [0.3, 0.4) is 0 Å². The molecule has 6 aromatic rings. The lowest BCUT2D eigenvalue weighted by Crippen LogP contribution is -2.12. The van der Waals surface area contributed by atoms with Crippen molar-refractivity contribution in [3.05, 3.63) is 197 Å². The molecule has 254 valence electrons. The number of hydrogen-bond donors (Lipinski definition) is 3. The first-order valence-electron chi connectivity index (χ1n) is 18.4. The van der Waals surface area contributed by atoms with Crippen molar-refractivity contribution in [3.63, 3.8) is 0 Å². The predicted molar refractivity (Wildman–Crippen MR) is 214 cm³/mol. The van der Waals surface area contributed by atoms with Crippen molar-refractivity contribution in [2.75, 3.05) is 16.0 Å². The van der Waals surface area contributed by atoms with Crippen LogP contribution >= 0.6 is 0 Å². The maximum atomic E-state index is 3.91. The molecule has 0 saturated carbocycles. The summed E-state index contributed by atoms with van der Waals surface area (Å²) in [5, 5.41) is 11.4. The molecule has 0 saturated heterocycles. The van der Waals surface area contributed by atoms with Gasteiger partial charge in [0.1, 0.15) is 0 Å². The van der Waals surface area contributed by atoms with Crippen LogP contribution in [0.4, 0.5) is 17.1 Å². The largest absolute Gasteiger partial charge is 0.378 e. The number of hydrogen-bond acceptors (Lipinski definition) is 3. The molecule has 3 heteroatoms. The van der Waals surface area contributed by atoms with E-state index in [0.717, 1.165) is 43.5 Å². The lowest BCUT2D eigenvalue weighted by Gasteiger charge is -2.22. The van der Waals surface area contributed by atoms with E-state index < -0.39 is 0 Å². The number of rotatable bonds is 16. The maximum absolute atomic E-state index is 3.91. The van der Waals surface area contributed by atoms with Crippen molar-refractivity contribution in [2.24, 2.45) is 0 Å². The Bertz CT molecular complexity index is 1870. The Kier molecular flexibility index (Phi) is 12.0. The second-order valence-corrected chi connectivity index (χ2v) is 13.3. The topological polar surface area (TPSA) is 36.1 Å². The number of nitrogens with one attached hydrogen (secondary N) is 3. The highest BCUT2D eigenvalue weighted by Crippen LogP contribution is 2.30. The van der Waals surface area contributed by atoms with Gasteiger partial charge < -0.3 is 16.0 Å². The molecule has 50 heavy (non-hydrogen) atoms. The Morgan fingerprint density at radius 2 is 0.760 bits per heavy atom. The SMILES string of the molecule is CCC(Nc1ccc(Cc2ccc(NC(CC)c3ccccc3)c(Cc3ccc(NC(CC)c4ccccc4)cc3)c2)cc1)c1ccccc1. The van der Waals surface area contributed by atoms with Crippen molar-refractivity contribution in [2.45, 2.75) is 71.0 Å². The summed E-state index contributed by atoms with van der Waals surface area (Å²) in [7, 11) is 0. The van der Waals surface area contributed by atoms with Crippen LogP contribution in [0.1, 0.15) is 97.1 Å². The molecule has 6 aromatic carbocycles. The highest BCUT2D eigenvalue weighted by atomic mass is 14.9. The fraction of sp³-hybridized carbons (Fsp3) is 0.234. The van der Waals surface area contributed by atoms with E-state index in [1.54, 1.807) is 0 Å². The van der Waals surface area contributed by atoms with E-state index in [9.17, 15) is 0 Å². The minimum atomic E-state index is 0.249. The van der Waals surface area contributed by atoms with Crippen molar-refractivity contribution < 1.29 is 0 Å². The first-order valence-corrected chi connectivity index (χ1v) is 18.4. The first-order chi connectivity index (χ1) is 24.6. The van der Waals surface area contributed by atoms with Gasteiger partial charge in [0, 0.05) is 17.1 Å². The summed E-state index contributed by atoms with van der Waals surface area (Å²) in [5.74, 6) is 0. The van der Waals surface area contributed by atoms with Crippen molar-refractivity contribution in [1.82, 2.24) is 0 Å². The van der Waals surface area contributed by atoms with E-state index in [0.29, 0.717) is 12.1 Å². The van der Waals surface area contributed by atoms with Crippen LogP contribution in [0.15, 0.2) is 158 Å². The van der Waals surface area contributed by atoms with Gasteiger partial charge in [-0.15, -0.1) is 0 Å². The molecule has 0 aromatic heterocycles. The fourth-order valence-electron chi connectivity index (χ4n) is 6.85. The van der Waals surface area contributed by atoms with Crippen molar-refractivity contribution in [1.29, 1.82) is 0 Å². The zero-order valence-electron chi connectivity index (χ0n) is 29.8. The summed E-state index contributed by atoms with van der Waals surface area (Å²) >= 11 is 0. The van der Waals surface area contributed by atoms with Crippen LogP contribution in [-0.4, -0.2) is 0 Å². The molecule has 0 aliphatic carbocycles. The van der Waals surface area contributed by atoms with E-state index in [-0.39, 0.29) is 6.04 Å². The molecule has 0 fully saturated rings. The van der Waals surface area contributed by atoms with E-state index in [1.165, 1.54) is 44.6 Å². The molecule has 0 heterocycles. The summed E-state index contributed by atoms with van der Waals surface area (Å²) in [6.07, 6.45) is 4.82. The summed E-state index contributed by atoms with van der Waals surface area (Å²) in [6, 6.07) is 58.0. The third-order valence-corrected chi connectivity index (χ3v) is 9.72. The standard InChI is InChI=1S/C47H51N3/c1-4-44(38-16-10-7-11-17-38)48-42-27-22-35(23-28-42)32-37-26-31-47(50-46(6-3)40-20-14-9-15-21-40)41(34-37)33-36-24-29-43(30-25-36)49-45(5-2)39-18-12-8-13-19-39/h7-31,34,44-46,48-50H,4-6,32-33H2,1-3H3. The molecule has 0 amide bonds. The van der Waals surface area contributed by atoms with Gasteiger partial charge in [0.25, 0.3) is 0 Å². The average molecular weight is 658 g/mol. The zero-order chi connectivity index (χ0) is 34.5. The normalized spacial score (nSPS) is 12.9. The molecule has 0 radical (unpaired) electrons. The highest BCUT2D eigenvalue weighted by Gasteiger charge is 2.14. The Morgan fingerprint density at radius 1 is 0.380 bits per heavy atom. The van der Waals surface area contributed by atoms with E-state index in [1.807, 2.05) is 0 Å². The average Bonchev–Trinajstić information content (AvgIpc) is 3.18. The first kappa shape index (κ1) is 34.6. The molecule has 0 aliphatic rings. The van der Waals surface area contributed by atoms with Gasteiger partial charge in [-0.2, -0.15) is 0 Å². The van der Waals surface area contributed by atoms with Gasteiger partial charge in [0.15, 0.2) is 0 Å². The molecule has 0 bridgehead atoms. The lowest BCUT2D eigenvalue weighted by molar-refractivity contribution is 0.747. The molecular weight excluding hydrogens is 607 g/mol. The molecule has 0 aliphatic heterocycles. The molecule has 3 N–H and O–H groups in total. The quantitative estimate of drug-likeness (QED) is 0.0969. The maximum Gasteiger partial charge on any atom is 0.0511 e. The smallest absolute Gasteiger partial charge is 0.0511 e. The van der Waals surface area contributed by atoms with Crippen LogP contribution in [0, 0.1) is 0 Å². The van der Waals surface area contributed by atoms with Gasteiger partial charge >= 0.3 is 0 Å². The Morgan fingerprint density at radius 3 is 1.18 bits per heavy atom. The molecule has 6 rings (SSSR count). The summed E-state index contributed by atoms with van der Waals surface area (Å²) in [5.41, 5.74) is 12.7. The fourth-order valence-corrected chi connectivity index (χ4v) is 6.85. The third-order valence-electron chi connectivity index (χ3n) is 9.72. The summed E-state index contributed by atoms with van der Waals surface area (Å²) in [6.45, 7) is 6.72. The van der Waals surface area contributed by atoms with Gasteiger partial charge in [-0.3, -0.25) is 0 Å². The zero-order valence-corrected chi connectivity index (χ0v) is 29.8. The van der Waals surface area contributed by atoms with Gasteiger partial charge in [-0.25, -0.2) is 0 Å². The van der Waals surface area contributed by atoms with Crippen LogP contribution in [-0.2, 0) is 12.8 Å². The van der Waals surface area contributed by atoms with Crippen LogP contribution in [0.2, 0.25) is 0 Å². The Balaban J connectivity index is 1.20. The predicted octanol–water partition coefficient (Wildman–Crippen LogP) is 12.6. The number of anilines is 3. The molecule has 3 unspecified atom stereocenters. The minimum absolute atomic E-state index is 0.249. The molecular formula is C47H51N3. The van der Waals surface area contributed by atoms with Gasteiger partial charge in [-0.1, -0.05) is 148 Å². The molecule has 3 nitrogen and oxygen atoms in total. The van der Waals surface area contributed by atoms with Crippen LogP contribution in [0.25, 0.3) is 0 Å². The Hall–Kier alpha value is -5.28. The summed E-state index contributed by atoms with van der Waals surface area (Å²) < 4.78 is 0. The van der Waals surface area contributed by atoms with Crippen LogP contribution in [0.5, 0.6) is 0 Å². The van der Waals surface area contributed by atoms with Crippen molar-refractivity contribution >= 4 is 17.1 Å². The Labute approximate surface area is 299 Å². The lowest BCUT2D eigenvalue weighted by atomic mass is 9.96.